The molecule has 2 nitrogen and oxygen atoms in total. The summed E-state index contributed by atoms with van der Waals surface area (Å²) >= 11 is 6.21. The molecule has 2 aromatic rings. The zero-order valence-corrected chi connectivity index (χ0v) is 13.3. The van der Waals surface area contributed by atoms with E-state index in [9.17, 15) is 0 Å². The SMILES string of the molecule is Cc1cccc(N(C)c2cc(Cl)ccc2CNC2CC2)c1. The number of anilines is 2. The van der Waals surface area contributed by atoms with Crippen LogP contribution in [0.3, 0.4) is 0 Å². The van der Waals surface area contributed by atoms with E-state index in [1.807, 2.05) is 12.1 Å². The Morgan fingerprint density at radius 1 is 1.19 bits per heavy atom. The maximum Gasteiger partial charge on any atom is 0.0468 e. The molecule has 3 heteroatoms. The minimum atomic E-state index is 0.706. The van der Waals surface area contributed by atoms with Crippen molar-refractivity contribution in [2.24, 2.45) is 0 Å². The van der Waals surface area contributed by atoms with Crippen LogP contribution in [0.4, 0.5) is 11.4 Å². The molecule has 1 saturated carbocycles. The van der Waals surface area contributed by atoms with Crippen molar-refractivity contribution in [3.05, 3.63) is 58.6 Å². The van der Waals surface area contributed by atoms with E-state index >= 15 is 0 Å². The molecule has 3 rings (SSSR count). The molecule has 0 bridgehead atoms. The van der Waals surface area contributed by atoms with E-state index in [0.29, 0.717) is 6.04 Å². The van der Waals surface area contributed by atoms with Crippen LogP contribution in [0.15, 0.2) is 42.5 Å². The first-order chi connectivity index (χ1) is 10.1. The van der Waals surface area contributed by atoms with Crippen LogP contribution in [0.25, 0.3) is 0 Å². The number of aryl methyl sites for hydroxylation is 1. The largest absolute Gasteiger partial charge is 0.344 e. The Morgan fingerprint density at radius 3 is 2.71 bits per heavy atom. The molecule has 0 unspecified atom stereocenters. The van der Waals surface area contributed by atoms with Crippen molar-refractivity contribution in [2.75, 3.05) is 11.9 Å². The van der Waals surface area contributed by atoms with Crippen LogP contribution in [0.2, 0.25) is 5.02 Å². The first-order valence-corrected chi connectivity index (χ1v) is 7.83. The van der Waals surface area contributed by atoms with Gasteiger partial charge in [-0.3, -0.25) is 0 Å². The Morgan fingerprint density at radius 2 is 2.00 bits per heavy atom. The average Bonchev–Trinajstić information content (AvgIpc) is 3.29. The standard InChI is InChI=1S/C18H21ClN2/c1-13-4-3-5-17(10-13)21(2)18-11-15(19)7-6-14(18)12-20-16-8-9-16/h3-7,10-11,16,20H,8-9,12H2,1-2H3. The van der Waals surface area contributed by atoms with Crippen molar-refractivity contribution in [1.82, 2.24) is 5.32 Å². The monoisotopic (exact) mass is 300 g/mol. The molecule has 110 valence electrons. The first-order valence-electron chi connectivity index (χ1n) is 7.46. The summed E-state index contributed by atoms with van der Waals surface area (Å²) in [5, 5.41) is 4.36. The number of hydrogen-bond donors (Lipinski definition) is 1. The van der Waals surface area contributed by atoms with Gasteiger partial charge in [-0.05, 0) is 55.2 Å². The maximum absolute atomic E-state index is 6.21. The zero-order valence-electron chi connectivity index (χ0n) is 12.6. The van der Waals surface area contributed by atoms with Gasteiger partial charge in [-0.25, -0.2) is 0 Å². The Hall–Kier alpha value is -1.51. The lowest BCUT2D eigenvalue weighted by atomic mass is 10.1. The number of hydrogen-bond acceptors (Lipinski definition) is 2. The molecule has 1 fully saturated rings. The molecular weight excluding hydrogens is 280 g/mol. The van der Waals surface area contributed by atoms with Crippen LogP contribution in [0.1, 0.15) is 24.0 Å². The first kappa shape index (κ1) is 14.4. The van der Waals surface area contributed by atoms with Crippen LogP contribution in [-0.4, -0.2) is 13.1 Å². The highest BCUT2D eigenvalue weighted by atomic mass is 35.5. The molecule has 1 aliphatic carbocycles. The van der Waals surface area contributed by atoms with Crippen molar-refractivity contribution in [3.63, 3.8) is 0 Å². The average molecular weight is 301 g/mol. The second-order valence-corrected chi connectivity index (χ2v) is 6.26. The van der Waals surface area contributed by atoms with Gasteiger partial charge in [0.15, 0.2) is 0 Å². The number of rotatable bonds is 5. The molecule has 1 aliphatic rings. The fraction of sp³-hybridized carbons (Fsp3) is 0.333. The number of halogens is 1. The Labute approximate surface area is 131 Å². The maximum atomic E-state index is 6.21. The number of nitrogens with zero attached hydrogens (tertiary/aromatic N) is 1. The molecular formula is C18H21ClN2. The molecule has 2 aromatic carbocycles. The summed E-state index contributed by atoms with van der Waals surface area (Å²) in [5.41, 5.74) is 4.90. The highest BCUT2D eigenvalue weighted by Crippen LogP contribution is 2.31. The molecule has 1 N–H and O–H groups in total. The summed E-state index contributed by atoms with van der Waals surface area (Å²) in [4.78, 5) is 2.21. The van der Waals surface area contributed by atoms with Crippen LogP contribution < -0.4 is 10.2 Å². The Balaban J connectivity index is 1.89. The number of benzene rings is 2. The fourth-order valence-electron chi connectivity index (χ4n) is 2.52. The summed E-state index contributed by atoms with van der Waals surface area (Å²) in [6.07, 6.45) is 2.60. The van der Waals surface area contributed by atoms with Crippen molar-refractivity contribution in [1.29, 1.82) is 0 Å². The molecule has 0 radical (unpaired) electrons. The molecule has 0 spiro atoms. The van der Waals surface area contributed by atoms with E-state index in [0.717, 1.165) is 11.6 Å². The van der Waals surface area contributed by atoms with Gasteiger partial charge < -0.3 is 10.2 Å². The normalized spacial score (nSPS) is 14.2. The van der Waals surface area contributed by atoms with Crippen LogP contribution in [0.5, 0.6) is 0 Å². The van der Waals surface area contributed by atoms with Gasteiger partial charge in [-0.15, -0.1) is 0 Å². The van der Waals surface area contributed by atoms with Gasteiger partial charge in [-0.1, -0.05) is 29.8 Å². The third-order valence-corrected chi connectivity index (χ3v) is 4.19. The van der Waals surface area contributed by atoms with E-state index in [2.05, 4.69) is 54.5 Å². The van der Waals surface area contributed by atoms with Crippen LogP contribution >= 0.6 is 11.6 Å². The van der Waals surface area contributed by atoms with Crippen LogP contribution in [-0.2, 0) is 6.54 Å². The molecule has 0 amide bonds. The van der Waals surface area contributed by atoms with Gasteiger partial charge in [0.25, 0.3) is 0 Å². The van der Waals surface area contributed by atoms with E-state index < -0.39 is 0 Å². The van der Waals surface area contributed by atoms with Gasteiger partial charge in [-0.2, -0.15) is 0 Å². The lowest BCUT2D eigenvalue weighted by Gasteiger charge is -2.23. The topological polar surface area (TPSA) is 15.3 Å². The third kappa shape index (κ3) is 3.58. The minimum Gasteiger partial charge on any atom is -0.344 e. The lowest BCUT2D eigenvalue weighted by Crippen LogP contribution is -2.19. The highest BCUT2D eigenvalue weighted by molar-refractivity contribution is 6.30. The van der Waals surface area contributed by atoms with E-state index in [1.54, 1.807) is 0 Å². The Kier molecular flexibility index (Phi) is 4.18. The van der Waals surface area contributed by atoms with E-state index in [-0.39, 0.29) is 0 Å². The fourth-order valence-corrected chi connectivity index (χ4v) is 2.68. The van der Waals surface area contributed by atoms with Crippen LogP contribution in [0, 0.1) is 6.92 Å². The molecule has 0 atom stereocenters. The smallest absolute Gasteiger partial charge is 0.0468 e. The van der Waals surface area contributed by atoms with Crippen molar-refractivity contribution in [3.8, 4) is 0 Å². The predicted molar refractivity (Wildman–Crippen MR) is 90.6 cm³/mol. The van der Waals surface area contributed by atoms with E-state index in [4.69, 9.17) is 11.6 Å². The van der Waals surface area contributed by atoms with Gasteiger partial charge in [0.2, 0.25) is 0 Å². The predicted octanol–water partition coefficient (Wildman–Crippen LogP) is 4.67. The Bertz CT molecular complexity index is 635. The molecule has 0 aliphatic heterocycles. The summed E-state index contributed by atoms with van der Waals surface area (Å²) < 4.78 is 0. The van der Waals surface area contributed by atoms with Gasteiger partial charge >= 0.3 is 0 Å². The van der Waals surface area contributed by atoms with Gasteiger partial charge in [0.05, 0.1) is 0 Å². The molecule has 0 saturated heterocycles. The summed E-state index contributed by atoms with van der Waals surface area (Å²) in [6, 6.07) is 15.4. The van der Waals surface area contributed by atoms with Crippen molar-refractivity contribution < 1.29 is 0 Å². The third-order valence-electron chi connectivity index (χ3n) is 3.96. The molecule has 21 heavy (non-hydrogen) atoms. The second-order valence-electron chi connectivity index (χ2n) is 5.83. The number of nitrogens with one attached hydrogen (secondary N) is 1. The summed E-state index contributed by atoms with van der Waals surface area (Å²) in [7, 11) is 2.10. The highest BCUT2D eigenvalue weighted by Gasteiger charge is 2.21. The quantitative estimate of drug-likeness (QED) is 0.863. The summed E-state index contributed by atoms with van der Waals surface area (Å²) in [6.45, 7) is 3.01. The molecule has 0 aromatic heterocycles. The summed E-state index contributed by atoms with van der Waals surface area (Å²) in [5.74, 6) is 0. The molecule has 0 heterocycles. The lowest BCUT2D eigenvalue weighted by molar-refractivity contribution is 0.687. The second kappa shape index (κ2) is 6.08. The van der Waals surface area contributed by atoms with Gasteiger partial charge in [0.1, 0.15) is 0 Å². The van der Waals surface area contributed by atoms with Gasteiger partial charge in [0, 0.05) is 36.0 Å². The van der Waals surface area contributed by atoms with Crippen molar-refractivity contribution >= 4 is 23.0 Å². The minimum absolute atomic E-state index is 0.706. The van der Waals surface area contributed by atoms with Crippen molar-refractivity contribution in [2.45, 2.75) is 32.4 Å². The zero-order chi connectivity index (χ0) is 14.8. The van der Waals surface area contributed by atoms with E-state index in [1.165, 1.54) is 35.3 Å².